The Kier molecular flexibility index (Phi) is 4.67. The third kappa shape index (κ3) is 3.94. The van der Waals surface area contributed by atoms with E-state index in [-0.39, 0.29) is 5.54 Å². The summed E-state index contributed by atoms with van der Waals surface area (Å²) in [7, 11) is 1.82. The molecule has 1 N–H and O–H groups in total. The first-order valence-electron chi connectivity index (χ1n) is 6.29. The van der Waals surface area contributed by atoms with Crippen LogP contribution in [0.15, 0.2) is 28.3 Å². The summed E-state index contributed by atoms with van der Waals surface area (Å²) in [5, 5.41) is 16.4. The van der Waals surface area contributed by atoms with E-state index in [1.807, 2.05) is 25.2 Å². The lowest BCUT2D eigenvalue weighted by atomic mass is 10.1. The molecule has 0 fully saturated rings. The fraction of sp³-hybridized carbons (Fsp3) is 0.462. The number of tetrazole rings is 1. The first kappa shape index (κ1) is 15.3. The van der Waals surface area contributed by atoms with Crippen molar-refractivity contribution < 1.29 is 0 Å². The topological polar surface area (TPSA) is 55.6 Å². The molecule has 1 heterocycles. The van der Waals surface area contributed by atoms with Crippen molar-refractivity contribution in [3.63, 3.8) is 0 Å². The van der Waals surface area contributed by atoms with E-state index < -0.39 is 0 Å². The molecule has 7 heteroatoms. The molecule has 0 spiro atoms. The minimum absolute atomic E-state index is 0.0352. The average Bonchev–Trinajstić information content (AvgIpc) is 2.73. The summed E-state index contributed by atoms with van der Waals surface area (Å²) in [6.45, 7) is 7.09. The Morgan fingerprint density at radius 3 is 2.70 bits per heavy atom. The van der Waals surface area contributed by atoms with Gasteiger partial charge in [-0.3, -0.25) is 0 Å². The van der Waals surface area contributed by atoms with E-state index >= 15 is 0 Å². The molecule has 0 amide bonds. The molecule has 0 aliphatic heterocycles. The molecule has 1 aromatic heterocycles. The molecule has 2 rings (SSSR count). The van der Waals surface area contributed by atoms with E-state index in [0.29, 0.717) is 6.54 Å². The molecular formula is C13H18ClN5S. The van der Waals surface area contributed by atoms with E-state index in [0.717, 1.165) is 20.6 Å². The lowest BCUT2D eigenvalue weighted by molar-refractivity contribution is 0.422. The summed E-state index contributed by atoms with van der Waals surface area (Å²) < 4.78 is 1.65. The standard InChI is InChI=1S/C13H18ClN5S/c1-13(2,3)15-8-9-10(14)6-5-7-11(9)20-12-16-17-18-19(12)4/h5-7,15H,8H2,1-4H3. The van der Waals surface area contributed by atoms with Gasteiger partial charge in [-0.05, 0) is 60.7 Å². The van der Waals surface area contributed by atoms with Crippen molar-refractivity contribution in [2.24, 2.45) is 7.05 Å². The van der Waals surface area contributed by atoms with Gasteiger partial charge in [0.25, 0.3) is 0 Å². The summed E-state index contributed by atoms with van der Waals surface area (Å²) in [6, 6.07) is 5.88. The molecule has 0 saturated carbocycles. The predicted octanol–water partition coefficient (Wildman–Crippen LogP) is 2.90. The second kappa shape index (κ2) is 6.11. The minimum Gasteiger partial charge on any atom is -0.308 e. The number of hydrogen-bond donors (Lipinski definition) is 1. The molecule has 0 aliphatic carbocycles. The largest absolute Gasteiger partial charge is 0.308 e. The van der Waals surface area contributed by atoms with Crippen LogP contribution in [0.3, 0.4) is 0 Å². The quantitative estimate of drug-likeness (QED) is 0.941. The summed E-state index contributed by atoms with van der Waals surface area (Å²) in [6.07, 6.45) is 0. The van der Waals surface area contributed by atoms with E-state index in [2.05, 4.69) is 41.6 Å². The number of hydrogen-bond acceptors (Lipinski definition) is 5. The van der Waals surface area contributed by atoms with Gasteiger partial charge in [-0.15, -0.1) is 5.10 Å². The van der Waals surface area contributed by atoms with Crippen LogP contribution in [0.25, 0.3) is 0 Å². The van der Waals surface area contributed by atoms with Crippen molar-refractivity contribution in [3.05, 3.63) is 28.8 Å². The molecule has 0 saturated heterocycles. The van der Waals surface area contributed by atoms with Crippen LogP contribution in [0.4, 0.5) is 0 Å². The maximum absolute atomic E-state index is 6.33. The van der Waals surface area contributed by atoms with Gasteiger partial charge in [0.05, 0.1) is 0 Å². The van der Waals surface area contributed by atoms with Gasteiger partial charge in [-0.1, -0.05) is 17.7 Å². The minimum atomic E-state index is 0.0352. The Labute approximate surface area is 128 Å². The molecule has 0 bridgehead atoms. The molecule has 0 radical (unpaired) electrons. The molecule has 0 aliphatic rings. The highest BCUT2D eigenvalue weighted by molar-refractivity contribution is 7.99. The lowest BCUT2D eigenvalue weighted by Crippen LogP contribution is -2.35. The zero-order valence-electron chi connectivity index (χ0n) is 12.0. The van der Waals surface area contributed by atoms with E-state index in [1.165, 1.54) is 11.8 Å². The normalized spacial score (nSPS) is 11.8. The van der Waals surface area contributed by atoms with Crippen LogP contribution in [-0.2, 0) is 13.6 Å². The molecule has 1 aromatic carbocycles. The first-order chi connectivity index (χ1) is 9.37. The Morgan fingerprint density at radius 2 is 2.10 bits per heavy atom. The number of nitrogens with one attached hydrogen (secondary N) is 1. The van der Waals surface area contributed by atoms with Gasteiger partial charge >= 0.3 is 0 Å². The zero-order chi connectivity index (χ0) is 14.8. The molecule has 5 nitrogen and oxygen atoms in total. The maximum atomic E-state index is 6.33. The van der Waals surface area contributed by atoms with Crippen molar-refractivity contribution in [3.8, 4) is 0 Å². The van der Waals surface area contributed by atoms with E-state index in [4.69, 9.17) is 11.6 Å². The highest BCUT2D eigenvalue weighted by Gasteiger charge is 2.15. The van der Waals surface area contributed by atoms with E-state index in [1.54, 1.807) is 4.68 Å². The third-order valence-corrected chi connectivity index (χ3v) is 4.14. The van der Waals surface area contributed by atoms with Gasteiger partial charge in [0.15, 0.2) is 0 Å². The second-order valence-corrected chi connectivity index (χ2v) is 6.92. The SMILES string of the molecule is Cn1nnnc1Sc1cccc(Cl)c1CNC(C)(C)C. The van der Waals surface area contributed by atoms with Crippen LogP contribution in [0.5, 0.6) is 0 Å². The van der Waals surface area contributed by atoms with Gasteiger partial charge in [0.2, 0.25) is 5.16 Å². The second-order valence-electron chi connectivity index (χ2n) is 5.51. The number of nitrogens with zero attached hydrogens (tertiary/aromatic N) is 4. The van der Waals surface area contributed by atoms with E-state index in [9.17, 15) is 0 Å². The fourth-order valence-electron chi connectivity index (χ4n) is 1.57. The van der Waals surface area contributed by atoms with Gasteiger partial charge in [0.1, 0.15) is 0 Å². The smallest absolute Gasteiger partial charge is 0.213 e. The van der Waals surface area contributed by atoms with Crippen LogP contribution in [0.1, 0.15) is 26.3 Å². The molecular weight excluding hydrogens is 294 g/mol. The van der Waals surface area contributed by atoms with Gasteiger partial charge in [-0.2, -0.15) is 0 Å². The monoisotopic (exact) mass is 311 g/mol. The highest BCUT2D eigenvalue weighted by Crippen LogP contribution is 2.32. The van der Waals surface area contributed by atoms with Crippen molar-refractivity contribution in [2.45, 2.75) is 42.9 Å². The number of halogens is 1. The van der Waals surface area contributed by atoms with Gasteiger partial charge < -0.3 is 5.32 Å². The van der Waals surface area contributed by atoms with Crippen molar-refractivity contribution >= 4 is 23.4 Å². The maximum Gasteiger partial charge on any atom is 0.213 e. The summed E-state index contributed by atoms with van der Waals surface area (Å²) >= 11 is 7.84. The molecule has 0 unspecified atom stereocenters. The predicted molar refractivity (Wildman–Crippen MR) is 81.0 cm³/mol. The average molecular weight is 312 g/mol. The van der Waals surface area contributed by atoms with Crippen LogP contribution >= 0.6 is 23.4 Å². The van der Waals surface area contributed by atoms with Gasteiger partial charge in [-0.25, -0.2) is 4.68 Å². The summed E-state index contributed by atoms with van der Waals surface area (Å²) in [5.41, 5.74) is 1.10. The van der Waals surface area contributed by atoms with Crippen molar-refractivity contribution in [2.75, 3.05) is 0 Å². The van der Waals surface area contributed by atoms with Crippen molar-refractivity contribution in [1.82, 2.24) is 25.5 Å². The molecule has 108 valence electrons. The fourth-order valence-corrected chi connectivity index (χ4v) is 2.76. The van der Waals surface area contributed by atoms with Crippen LogP contribution < -0.4 is 5.32 Å². The number of aryl methyl sites for hydroxylation is 1. The first-order valence-corrected chi connectivity index (χ1v) is 7.49. The van der Waals surface area contributed by atoms with Crippen molar-refractivity contribution in [1.29, 1.82) is 0 Å². The number of benzene rings is 1. The summed E-state index contributed by atoms with van der Waals surface area (Å²) in [5.74, 6) is 0. The zero-order valence-corrected chi connectivity index (χ0v) is 13.6. The lowest BCUT2D eigenvalue weighted by Gasteiger charge is -2.22. The van der Waals surface area contributed by atoms with Crippen LogP contribution in [-0.4, -0.2) is 25.7 Å². The number of aromatic nitrogens is 4. The molecule has 2 aromatic rings. The Hall–Kier alpha value is -1.11. The van der Waals surface area contributed by atoms with Crippen LogP contribution in [0.2, 0.25) is 5.02 Å². The molecule has 20 heavy (non-hydrogen) atoms. The van der Waals surface area contributed by atoms with Crippen LogP contribution in [0, 0.1) is 0 Å². The molecule has 0 atom stereocenters. The Balaban J connectivity index is 2.24. The summed E-state index contributed by atoms with van der Waals surface area (Å²) in [4.78, 5) is 1.06. The Bertz CT molecular complexity index is 591. The van der Waals surface area contributed by atoms with Gasteiger partial charge in [0, 0.05) is 29.0 Å². The third-order valence-electron chi connectivity index (χ3n) is 2.65. The Morgan fingerprint density at radius 1 is 1.35 bits per heavy atom. The number of rotatable bonds is 4. The highest BCUT2D eigenvalue weighted by atomic mass is 35.5.